The van der Waals surface area contributed by atoms with Gasteiger partial charge in [0.15, 0.2) is 0 Å². The Kier molecular flexibility index (Phi) is 8.87. The molecule has 0 radical (unpaired) electrons. The van der Waals surface area contributed by atoms with Crippen LogP contribution < -0.4 is 10.5 Å². The summed E-state index contributed by atoms with van der Waals surface area (Å²) < 4.78 is 11.2. The van der Waals surface area contributed by atoms with Crippen molar-refractivity contribution in [3.05, 3.63) is 29.8 Å². The summed E-state index contributed by atoms with van der Waals surface area (Å²) in [7, 11) is 0. The van der Waals surface area contributed by atoms with Gasteiger partial charge in [0.1, 0.15) is 11.9 Å². The third-order valence-electron chi connectivity index (χ3n) is 5.65. The van der Waals surface area contributed by atoms with Crippen molar-refractivity contribution in [3.8, 4) is 5.75 Å². The zero-order valence-electron chi connectivity index (χ0n) is 16.3. The average molecular weight is 397 g/mol. The zero-order valence-corrected chi connectivity index (χ0v) is 17.1. The molecule has 2 aliphatic rings. The molecule has 2 saturated heterocycles. The SMILES string of the molecule is CCOc1ccc(CCC2CCN(C(=O)[C@@H]3CC[C@H](CN)O3)CC2)cc1.Cl. The van der Waals surface area contributed by atoms with E-state index < -0.39 is 0 Å². The molecule has 152 valence electrons. The van der Waals surface area contributed by atoms with E-state index in [1.165, 1.54) is 12.0 Å². The van der Waals surface area contributed by atoms with E-state index in [0.717, 1.165) is 50.9 Å². The molecule has 2 aliphatic heterocycles. The highest BCUT2D eigenvalue weighted by Gasteiger charge is 2.34. The number of hydrogen-bond donors (Lipinski definition) is 1. The fraction of sp³-hybridized carbons (Fsp3) is 0.667. The van der Waals surface area contributed by atoms with E-state index in [1.807, 2.05) is 11.8 Å². The fourth-order valence-corrected chi connectivity index (χ4v) is 4.00. The molecular formula is C21H33ClN2O3. The van der Waals surface area contributed by atoms with E-state index in [4.69, 9.17) is 15.2 Å². The van der Waals surface area contributed by atoms with E-state index in [1.54, 1.807) is 0 Å². The van der Waals surface area contributed by atoms with Gasteiger partial charge in [-0.3, -0.25) is 4.79 Å². The number of piperidine rings is 1. The number of benzene rings is 1. The van der Waals surface area contributed by atoms with Gasteiger partial charge in [0.25, 0.3) is 5.91 Å². The molecule has 2 atom stereocenters. The minimum absolute atomic E-state index is 0. The Morgan fingerprint density at radius 2 is 1.89 bits per heavy atom. The summed E-state index contributed by atoms with van der Waals surface area (Å²) in [6, 6.07) is 8.43. The van der Waals surface area contributed by atoms with Crippen LogP contribution in [0.5, 0.6) is 5.75 Å². The number of ether oxygens (including phenoxy) is 2. The van der Waals surface area contributed by atoms with Crippen LogP contribution in [0, 0.1) is 5.92 Å². The van der Waals surface area contributed by atoms with Crippen LogP contribution in [0.15, 0.2) is 24.3 Å². The topological polar surface area (TPSA) is 64.8 Å². The van der Waals surface area contributed by atoms with Gasteiger partial charge in [-0.25, -0.2) is 0 Å². The zero-order chi connectivity index (χ0) is 18.4. The lowest BCUT2D eigenvalue weighted by Gasteiger charge is -2.33. The molecule has 1 aromatic rings. The van der Waals surface area contributed by atoms with Crippen molar-refractivity contribution in [2.24, 2.45) is 11.7 Å². The summed E-state index contributed by atoms with van der Waals surface area (Å²) in [6.45, 7) is 4.94. The molecule has 3 rings (SSSR count). The van der Waals surface area contributed by atoms with E-state index in [2.05, 4.69) is 24.3 Å². The largest absolute Gasteiger partial charge is 0.494 e. The number of nitrogens with two attached hydrogens (primary N) is 1. The normalized spacial score (nSPS) is 23.1. The van der Waals surface area contributed by atoms with Gasteiger partial charge in [-0.1, -0.05) is 12.1 Å². The maximum atomic E-state index is 12.6. The number of amides is 1. The molecule has 2 fully saturated rings. The standard InChI is InChI=1S/C21H32N2O3.ClH/c1-2-25-18-7-5-16(6-8-18)3-4-17-11-13-23(14-12-17)21(24)20-10-9-19(15-22)26-20;/h5-8,17,19-20H,2-4,9-15,22H2,1H3;1H/t19-,20+;/m1./s1. The summed E-state index contributed by atoms with van der Waals surface area (Å²) in [6.07, 6.45) is 6.00. The number of carbonyl (C=O) groups is 1. The van der Waals surface area contributed by atoms with Crippen LogP contribution in [-0.4, -0.2) is 49.3 Å². The molecule has 0 aliphatic carbocycles. The first-order valence-electron chi connectivity index (χ1n) is 10.1. The van der Waals surface area contributed by atoms with Crippen LogP contribution in [-0.2, 0) is 16.0 Å². The van der Waals surface area contributed by atoms with Gasteiger partial charge in [0, 0.05) is 19.6 Å². The van der Waals surface area contributed by atoms with Gasteiger partial charge >= 0.3 is 0 Å². The third-order valence-corrected chi connectivity index (χ3v) is 5.65. The molecule has 0 saturated carbocycles. The van der Waals surface area contributed by atoms with Crippen LogP contribution in [0.4, 0.5) is 0 Å². The Balaban J connectivity index is 0.00000261. The predicted molar refractivity (Wildman–Crippen MR) is 109 cm³/mol. The second-order valence-corrected chi connectivity index (χ2v) is 7.44. The molecular weight excluding hydrogens is 364 g/mol. The Labute approximate surface area is 169 Å². The van der Waals surface area contributed by atoms with Gasteiger partial charge in [0.2, 0.25) is 0 Å². The van der Waals surface area contributed by atoms with Gasteiger partial charge in [0.05, 0.1) is 12.7 Å². The summed E-state index contributed by atoms with van der Waals surface area (Å²) >= 11 is 0. The van der Waals surface area contributed by atoms with Crippen molar-refractivity contribution in [1.29, 1.82) is 0 Å². The van der Waals surface area contributed by atoms with Crippen LogP contribution >= 0.6 is 12.4 Å². The molecule has 0 spiro atoms. The molecule has 1 amide bonds. The minimum Gasteiger partial charge on any atom is -0.494 e. The Hall–Kier alpha value is -1.30. The smallest absolute Gasteiger partial charge is 0.251 e. The second-order valence-electron chi connectivity index (χ2n) is 7.44. The molecule has 0 unspecified atom stereocenters. The highest BCUT2D eigenvalue weighted by Crippen LogP contribution is 2.26. The molecule has 2 heterocycles. The monoisotopic (exact) mass is 396 g/mol. The number of halogens is 1. The van der Waals surface area contributed by atoms with Crippen LogP contribution in [0.25, 0.3) is 0 Å². The number of carbonyl (C=O) groups excluding carboxylic acids is 1. The highest BCUT2D eigenvalue weighted by atomic mass is 35.5. The molecule has 5 nitrogen and oxygen atoms in total. The van der Waals surface area contributed by atoms with Crippen LogP contribution in [0.1, 0.15) is 44.6 Å². The summed E-state index contributed by atoms with van der Waals surface area (Å²) in [5.41, 5.74) is 7.00. The van der Waals surface area contributed by atoms with Gasteiger partial charge < -0.3 is 20.1 Å². The van der Waals surface area contributed by atoms with Gasteiger partial charge in [-0.2, -0.15) is 0 Å². The van der Waals surface area contributed by atoms with E-state index in [0.29, 0.717) is 19.1 Å². The number of hydrogen-bond acceptors (Lipinski definition) is 4. The van der Waals surface area contributed by atoms with Crippen LogP contribution in [0.3, 0.4) is 0 Å². The van der Waals surface area contributed by atoms with Crippen molar-refractivity contribution in [3.63, 3.8) is 0 Å². The molecule has 27 heavy (non-hydrogen) atoms. The summed E-state index contributed by atoms with van der Waals surface area (Å²) in [4.78, 5) is 14.6. The number of aryl methyl sites for hydroxylation is 1. The third kappa shape index (κ3) is 6.09. The Morgan fingerprint density at radius 1 is 1.19 bits per heavy atom. The van der Waals surface area contributed by atoms with Gasteiger partial charge in [-0.15, -0.1) is 12.4 Å². The van der Waals surface area contributed by atoms with E-state index in [-0.39, 0.29) is 30.5 Å². The first-order chi connectivity index (χ1) is 12.7. The average Bonchev–Trinajstić information content (AvgIpc) is 3.17. The Bertz CT molecular complexity index is 573. The number of likely N-dealkylation sites (tertiary alicyclic amines) is 1. The van der Waals surface area contributed by atoms with Gasteiger partial charge in [-0.05, 0) is 69.1 Å². The molecule has 2 N–H and O–H groups in total. The molecule has 1 aromatic carbocycles. The molecule has 0 aromatic heterocycles. The second kappa shape index (κ2) is 10.9. The number of rotatable bonds is 7. The summed E-state index contributed by atoms with van der Waals surface area (Å²) in [5, 5.41) is 0. The van der Waals surface area contributed by atoms with Crippen LogP contribution in [0.2, 0.25) is 0 Å². The lowest BCUT2D eigenvalue weighted by Crippen LogP contribution is -2.44. The fourth-order valence-electron chi connectivity index (χ4n) is 4.00. The summed E-state index contributed by atoms with van der Waals surface area (Å²) in [5.74, 6) is 1.81. The van der Waals surface area contributed by atoms with E-state index in [9.17, 15) is 4.79 Å². The molecule has 0 bridgehead atoms. The number of nitrogens with zero attached hydrogens (tertiary/aromatic N) is 1. The Morgan fingerprint density at radius 3 is 2.48 bits per heavy atom. The van der Waals surface area contributed by atoms with Crippen molar-refractivity contribution >= 4 is 18.3 Å². The predicted octanol–water partition coefficient (Wildman–Crippen LogP) is 3.18. The van der Waals surface area contributed by atoms with E-state index >= 15 is 0 Å². The maximum absolute atomic E-state index is 12.6. The minimum atomic E-state index is -0.260. The lowest BCUT2D eigenvalue weighted by atomic mass is 9.90. The maximum Gasteiger partial charge on any atom is 0.251 e. The van der Waals surface area contributed by atoms with Crippen molar-refractivity contribution in [2.45, 2.75) is 57.7 Å². The molecule has 6 heteroatoms. The first-order valence-corrected chi connectivity index (χ1v) is 10.1. The first kappa shape index (κ1) is 22.0. The highest BCUT2D eigenvalue weighted by molar-refractivity contribution is 5.85. The van der Waals surface area contributed by atoms with Crippen molar-refractivity contribution in [1.82, 2.24) is 4.90 Å². The quantitative estimate of drug-likeness (QED) is 0.768. The van der Waals surface area contributed by atoms with Crippen molar-refractivity contribution in [2.75, 3.05) is 26.2 Å². The lowest BCUT2D eigenvalue weighted by molar-refractivity contribution is -0.144. The van der Waals surface area contributed by atoms with Crippen molar-refractivity contribution < 1.29 is 14.3 Å².